The normalized spacial score (nSPS) is 23.7. The Morgan fingerprint density at radius 2 is 2.00 bits per heavy atom. The highest BCUT2D eigenvalue weighted by molar-refractivity contribution is 5.80. The van der Waals surface area contributed by atoms with E-state index >= 15 is 0 Å². The summed E-state index contributed by atoms with van der Waals surface area (Å²) in [6, 6.07) is 3.40. The summed E-state index contributed by atoms with van der Waals surface area (Å²) in [6.07, 6.45) is 2.19. The molecule has 2 atom stereocenters. The van der Waals surface area contributed by atoms with Gasteiger partial charge in [-0.05, 0) is 30.7 Å². The number of alkyl halides is 3. The molecule has 0 bridgehead atoms. The van der Waals surface area contributed by atoms with Gasteiger partial charge in [-0.25, -0.2) is 4.98 Å². The molecule has 1 saturated carbocycles. The minimum Gasteiger partial charge on any atom is -0.468 e. The van der Waals surface area contributed by atoms with Gasteiger partial charge in [-0.3, -0.25) is 4.99 Å². The third-order valence-electron chi connectivity index (χ3n) is 5.15. The number of ether oxygens (including phenoxy) is 1. The van der Waals surface area contributed by atoms with Crippen LogP contribution in [0.15, 0.2) is 23.3 Å². The Morgan fingerprint density at radius 3 is 2.62 bits per heavy atom. The predicted octanol–water partition coefficient (Wildman–Crippen LogP) is 3.22. The summed E-state index contributed by atoms with van der Waals surface area (Å²) in [4.78, 5) is 10.5. The number of hydrogen-bond donors (Lipinski definition) is 1. The summed E-state index contributed by atoms with van der Waals surface area (Å²) >= 11 is 0. The van der Waals surface area contributed by atoms with Gasteiger partial charge in [-0.15, -0.1) is 0 Å². The van der Waals surface area contributed by atoms with E-state index in [4.69, 9.17) is 4.74 Å². The molecule has 1 N–H and O–H groups in total. The maximum Gasteiger partial charge on any atom is 0.422 e. The van der Waals surface area contributed by atoms with Gasteiger partial charge in [-0.1, -0.05) is 18.9 Å². The van der Waals surface area contributed by atoms with Crippen molar-refractivity contribution in [3.05, 3.63) is 23.9 Å². The largest absolute Gasteiger partial charge is 0.468 e. The summed E-state index contributed by atoms with van der Waals surface area (Å²) in [5, 5.41) is 3.25. The second-order valence-electron chi connectivity index (χ2n) is 6.98. The van der Waals surface area contributed by atoms with Crippen LogP contribution in [0.25, 0.3) is 0 Å². The Morgan fingerprint density at radius 1 is 1.31 bits per heavy atom. The van der Waals surface area contributed by atoms with Crippen molar-refractivity contribution in [3.63, 3.8) is 0 Å². The molecular formula is C18H25F3N4O. The number of hydrogen-bond acceptors (Lipinski definition) is 3. The van der Waals surface area contributed by atoms with Crippen molar-refractivity contribution in [1.29, 1.82) is 0 Å². The molecule has 2 aliphatic rings. The lowest BCUT2D eigenvalue weighted by molar-refractivity contribution is -0.154. The molecule has 8 heteroatoms. The van der Waals surface area contributed by atoms with Crippen LogP contribution >= 0.6 is 0 Å². The first-order chi connectivity index (χ1) is 12.5. The van der Waals surface area contributed by atoms with Crippen LogP contribution in [0.1, 0.15) is 31.2 Å². The highest BCUT2D eigenvalue weighted by Gasteiger charge is 2.35. The Kier molecular flexibility index (Phi) is 5.88. The molecule has 26 heavy (non-hydrogen) atoms. The number of likely N-dealkylation sites (tertiary alicyclic amines) is 1. The van der Waals surface area contributed by atoms with E-state index in [1.165, 1.54) is 31.9 Å². The zero-order chi connectivity index (χ0) is 18.6. The van der Waals surface area contributed by atoms with Crippen LogP contribution in [0, 0.1) is 11.8 Å². The van der Waals surface area contributed by atoms with Crippen molar-refractivity contribution in [3.8, 4) is 5.88 Å². The average Bonchev–Trinajstić information content (AvgIpc) is 3.04. The van der Waals surface area contributed by atoms with E-state index in [-0.39, 0.29) is 5.88 Å². The van der Waals surface area contributed by atoms with Gasteiger partial charge in [0.15, 0.2) is 12.6 Å². The number of nitrogens with zero attached hydrogens (tertiary/aromatic N) is 3. The van der Waals surface area contributed by atoms with E-state index in [1.807, 2.05) is 0 Å². The summed E-state index contributed by atoms with van der Waals surface area (Å²) in [5.74, 6) is 2.24. The van der Waals surface area contributed by atoms with E-state index in [0.29, 0.717) is 12.1 Å². The molecule has 0 aromatic carbocycles. The van der Waals surface area contributed by atoms with Crippen LogP contribution in [0.2, 0.25) is 0 Å². The first kappa shape index (κ1) is 18.8. The van der Waals surface area contributed by atoms with Gasteiger partial charge in [0, 0.05) is 38.4 Å². The van der Waals surface area contributed by atoms with Crippen LogP contribution in [-0.2, 0) is 6.54 Å². The maximum absolute atomic E-state index is 12.4. The molecule has 1 aliphatic heterocycles. The summed E-state index contributed by atoms with van der Waals surface area (Å²) in [5.41, 5.74) is 0.578. The Hall–Kier alpha value is -1.99. The quantitative estimate of drug-likeness (QED) is 0.653. The molecule has 1 aromatic heterocycles. The van der Waals surface area contributed by atoms with Gasteiger partial charge in [0.1, 0.15) is 0 Å². The van der Waals surface area contributed by atoms with Crippen LogP contribution in [0.3, 0.4) is 0 Å². The van der Waals surface area contributed by atoms with Crippen LogP contribution in [0.4, 0.5) is 13.2 Å². The molecule has 3 rings (SSSR count). The van der Waals surface area contributed by atoms with Gasteiger partial charge in [-0.2, -0.15) is 13.2 Å². The fourth-order valence-electron chi connectivity index (χ4n) is 3.92. The lowest BCUT2D eigenvalue weighted by Crippen LogP contribution is -2.40. The lowest BCUT2D eigenvalue weighted by Gasteiger charge is -2.22. The molecule has 2 fully saturated rings. The van der Waals surface area contributed by atoms with Gasteiger partial charge in [0.25, 0.3) is 0 Å². The highest BCUT2D eigenvalue weighted by Crippen LogP contribution is 2.36. The SMILES string of the molecule is CN=C(NCc1cccnc1OCC(F)(F)F)N1CC2CCCCC2C1. The van der Waals surface area contributed by atoms with Gasteiger partial charge >= 0.3 is 6.18 Å². The number of halogens is 3. The standard InChI is InChI=1S/C18H25F3N4O/c1-22-17(25-10-14-5-2-3-6-15(14)11-25)24-9-13-7-4-8-23-16(13)26-12-18(19,20)21/h4,7-8,14-15H,2-3,5-6,9-12H2,1H3,(H,22,24). The van der Waals surface area contributed by atoms with Crippen molar-refractivity contribution in [1.82, 2.24) is 15.2 Å². The molecular weight excluding hydrogens is 345 g/mol. The zero-order valence-electron chi connectivity index (χ0n) is 14.9. The number of guanidine groups is 1. The van der Waals surface area contributed by atoms with Crippen molar-refractivity contribution in [2.24, 2.45) is 16.8 Å². The van der Waals surface area contributed by atoms with Crippen molar-refractivity contribution in [2.75, 3.05) is 26.7 Å². The molecule has 5 nitrogen and oxygen atoms in total. The fraction of sp³-hybridized carbons (Fsp3) is 0.667. The highest BCUT2D eigenvalue weighted by atomic mass is 19.4. The van der Waals surface area contributed by atoms with Crippen LogP contribution in [-0.4, -0.2) is 48.8 Å². The molecule has 0 spiro atoms. The minimum atomic E-state index is -4.38. The zero-order valence-corrected chi connectivity index (χ0v) is 14.9. The van der Waals surface area contributed by atoms with Gasteiger partial charge < -0.3 is 15.0 Å². The topological polar surface area (TPSA) is 49.8 Å². The van der Waals surface area contributed by atoms with Crippen molar-refractivity contribution >= 4 is 5.96 Å². The number of aliphatic imine (C=N–C) groups is 1. The van der Waals surface area contributed by atoms with Gasteiger partial charge in [0.05, 0.1) is 0 Å². The van der Waals surface area contributed by atoms with Crippen LogP contribution < -0.4 is 10.1 Å². The number of nitrogens with one attached hydrogen (secondary N) is 1. The first-order valence-corrected chi connectivity index (χ1v) is 9.05. The van der Waals surface area contributed by atoms with E-state index in [0.717, 1.165) is 30.9 Å². The van der Waals surface area contributed by atoms with E-state index in [1.54, 1.807) is 19.2 Å². The molecule has 0 radical (unpaired) electrons. The molecule has 144 valence electrons. The minimum absolute atomic E-state index is 0.00266. The number of rotatable bonds is 4. The fourth-order valence-corrected chi connectivity index (χ4v) is 3.92. The number of fused-ring (bicyclic) bond motifs is 1. The monoisotopic (exact) mass is 370 g/mol. The van der Waals surface area contributed by atoms with Crippen LogP contribution in [0.5, 0.6) is 5.88 Å². The molecule has 2 heterocycles. The average molecular weight is 370 g/mol. The molecule has 1 aliphatic carbocycles. The summed E-state index contributed by atoms with van der Waals surface area (Å²) < 4.78 is 42.0. The van der Waals surface area contributed by atoms with Gasteiger partial charge in [0.2, 0.25) is 5.88 Å². The Balaban J connectivity index is 1.59. The predicted molar refractivity (Wildman–Crippen MR) is 93.0 cm³/mol. The van der Waals surface area contributed by atoms with E-state index in [2.05, 4.69) is 20.2 Å². The molecule has 1 saturated heterocycles. The second kappa shape index (κ2) is 8.14. The molecule has 2 unspecified atom stereocenters. The third-order valence-corrected chi connectivity index (χ3v) is 5.15. The smallest absolute Gasteiger partial charge is 0.422 e. The van der Waals surface area contributed by atoms with Crippen molar-refractivity contribution in [2.45, 2.75) is 38.4 Å². The van der Waals surface area contributed by atoms with Crippen molar-refractivity contribution < 1.29 is 17.9 Å². The second-order valence-corrected chi connectivity index (χ2v) is 6.98. The maximum atomic E-state index is 12.4. The van der Waals surface area contributed by atoms with E-state index < -0.39 is 12.8 Å². The molecule has 0 amide bonds. The summed E-state index contributed by atoms with van der Waals surface area (Å²) in [6.45, 7) is 0.963. The molecule has 1 aromatic rings. The lowest BCUT2D eigenvalue weighted by atomic mass is 9.82. The summed E-state index contributed by atoms with van der Waals surface area (Å²) in [7, 11) is 1.73. The number of aromatic nitrogens is 1. The number of pyridine rings is 1. The van der Waals surface area contributed by atoms with E-state index in [9.17, 15) is 13.2 Å². The Bertz CT molecular complexity index is 621. The third kappa shape index (κ3) is 4.80. The Labute approximate surface area is 151 Å². The first-order valence-electron chi connectivity index (χ1n) is 9.05.